The van der Waals surface area contributed by atoms with Crippen molar-refractivity contribution in [3.05, 3.63) is 103 Å². The molecule has 0 unspecified atom stereocenters. The van der Waals surface area contributed by atoms with Crippen LogP contribution < -0.4 is 0 Å². The molecule has 0 amide bonds. The number of hydrogen-bond acceptors (Lipinski definition) is 4. The number of aromatic nitrogens is 1. The second kappa shape index (κ2) is 9.02. The van der Waals surface area contributed by atoms with Crippen LogP contribution in [0.2, 0.25) is 0 Å². The minimum Gasteiger partial charge on any atom is -0.216 e. The Morgan fingerprint density at radius 1 is 0.750 bits per heavy atom. The summed E-state index contributed by atoms with van der Waals surface area (Å²) >= 11 is 1.57. The summed E-state index contributed by atoms with van der Waals surface area (Å²) < 4.78 is 0. The molecule has 0 aliphatic heterocycles. The summed E-state index contributed by atoms with van der Waals surface area (Å²) in [5, 5.41) is 9.31. The van der Waals surface area contributed by atoms with E-state index >= 15 is 0 Å². The molecule has 0 fully saturated rings. The first-order chi connectivity index (χ1) is 13.9. The molecule has 4 heteroatoms. The Morgan fingerprint density at radius 3 is 2.04 bits per heavy atom. The van der Waals surface area contributed by atoms with E-state index in [0.717, 1.165) is 27.3 Å². The summed E-state index contributed by atoms with van der Waals surface area (Å²) in [6.07, 6.45) is 4.05. The van der Waals surface area contributed by atoms with Gasteiger partial charge in [-0.3, -0.25) is 0 Å². The number of thiazole rings is 1. The van der Waals surface area contributed by atoms with Crippen molar-refractivity contribution in [1.82, 2.24) is 4.98 Å². The van der Waals surface area contributed by atoms with Gasteiger partial charge in [0.25, 0.3) is 0 Å². The molecule has 136 valence electrons. The number of benzene rings is 3. The Kier molecular flexibility index (Phi) is 5.80. The molecule has 0 atom stereocenters. The normalized spacial score (nSPS) is 11.4. The monoisotopic (exact) mass is 381 g/mol. The first-order valence-corrected chi connectivity index (χ1v) is 9.92. The average molecular weight is 382 g/mol. The smallest absolute Gasteiger partial charge is 0.216 e. The molecule has 0 N–H and O–H groups in total. The molecule has 0 saturated heterocycles. The van der Waals surface area contributed by atoms with Gasteiger partial charge in [-0.25, -0.2) is 4.98 Å². The van der Waals surface area contributed by atoms with Gasteiger partial charge in [-0.15, -0.1) is 5.11 Å². The number of nitrogens with zero attached hydrogens (tertiary/aromatic N) is 3. The van der Waals surface area contributed by atoms with E-state index in [0.29, 0.717) is 11.7 Å². The van der Waals surface area contributed by atoms with Crippen molar-refractivity contribution in [2.24, 2.45) is 10.2 Å². The zero-order valence-electron chi connectivity index (χ0n) is 15.3. The van der Waals surface area contributed by atoms with Crippen LogP contribution in [0.15, 0.2) is 107 Å². The van der Waals surface area contributed by atoms with Crippen LogP contribution in [0.25, 0.3) is 27.8 Å². The molecule has 0 spiro atoms. The summed E-state index contributed by atoms with van der Waals surface area (Å²) in [7, 11) is 0. The zero-order valence-corrected chi connectivity index (χ0v) is 16.1. The third kappa shape index (κ3) is 4.48. The minimum absolute atomic E-state index is 0.524. The van der Waals surface area contributed by atoms with E-state index in [1.54, 1.807) is 11.3 Å². The van der Waals surface area contributed by atoms with Gasteiger partial charge < -0.3 is 0 Å². The lowest BCUT2D eigenvalue weighted by atomic mass is 10.1. The fraction of sp³-hybridized carbons (Fsp3) is 0.0417. The Hall–Kier alpha value is -3.37. The predicted octanol–water partition coefficient (Wildman–Crippen LogP) is 7.27. The van der Waals surface area contributed by atoms with Crippen molar-refractivity contribution in [1.29, 1.82) is 0 Å². The Bertz CT molecular complexity index is 1010. The van der Waals surface area contributed by atoms with Crippen molar-refractivity contribution in [2.45, 2.75) is 0 Å². The second-order valence-corrected chi connectivity index (χ2v) is 7.12. The van der Waals surface area contributed by atoms with Crippen LogP contribution in [0.3, 0.4) is 0 Å². The summed E-state index contributed by atoms with van der Waals surface area (Å²) in [5.74, 6) is 0. The lowest BCUT2D eigenvalue weighted by Gasteiger charge is -2.02. The molecule has 0 bridgehead atoms. The zero-order chi connectivity index (χ0) is 19.0. The topological polar surface area (TPSA) is 37.6 Å². The SMILES string of the molecule is C(=Cc1ccccc1)CN=Nc1nc(-c2ccccc2)c(-c2ccccc2)s1. The fourth-order valence-corrected chi connectivity index (χ4v) is 3.76. The molecule has 0 radical (unpaired) electrons. The first-order valence-electron chi connectivity index (χ1n) is 9.11. The van der Waals surface area contributed by atoms with Crippen molar-refractivity contribution in [3.63, 3.8) is 0 Å². The largest absolute Gasteiger partial charge is 0.230 e. The summed E-state index contributed by atoms with van der Waals surface area (Å²) in [4.78, 5) is 5.86. The fourth-order valence-electron chi connectivity index (χ4n) is 2.83. The van der Waals surface area contributed by atoms with Gasteiger partial charge in [0.05, 0.1) is 17.1 Å². The highest BCUT2D eigenvalue weighted by molar-refractivity contribution is 7.19. The molecule has 3 aromatic carbocycles. The third-order valence-electron chi connectivity index (χ3n) is 4.15. The molecule has 4 rings (SSSR count). The Balaban J connectivity index is 1.56. The summed E-state index contributed by atoms with van der Waals surface area (Å²) in [6.45, 7) is 0.524. The molecule has 0 saturated carbocycles. The van der Waals surface area contributed by atoms with Crippen LogP contribution in [0.4, 0.5) is 5.13 Å². The minimum atomic E-state index is 0.524. The van der Waals surface area contributed by atoms with Gasteiger partial charge in [0.2, 0.25) is 5.13 Å². The van der Waals surface area contributed by atoms with Crippen molar-refractivity contribution >= 4 is 22.5 Å². The van der Waals surface area contributed by atoms with Crippen molar-refractivity contribution in [3.8, 4) is 21.7 Å². The predicted molar refractivity (Wildman–Crippen MR) is 118 cm³/mol. The van der Waals surface area contributed by atoms with E-state index in [4.69, 9.17) is 4.98 Å². The Labute approximate surface area is 168 Å². The lowest BCUT2D eigenvalue weighted by Crippen LogP contribution is -1.81. The molecule has 0 aliphatic rings. The lowest BCUT2D eigenvalue weighted by molar-refractivity contribution is 1.06. The van der Waals surface area contributed by atoms with Crippen molar-refractivity contribution in [2.75, 3.05) is 6.54 Å². The maximum atomic E-state index is 4.75. The van der Waals surface area contributed by atoms with Crippen LogP contribution in [-0.4, -0.2) is 11.5 Å². The van der Waals surface area contributed by atoms with E-state index in [2.05, 4.69) is 46.6 Å². The van der Waals surface area contributed by atoms with Gasteiger partial charge in [0.15, 0.2) is 0 Å². The highest BCUT2D eigenvalue weighted by atomic mass is 32.1. The molecule has 28 heavy (non-hydrogen) atoms. The quantitative estimate of drug-likeness (QED) is 0.323. The molecule has 3 nitrogen and oxygen atoms in total. The van der Waals surface area contributed by atoms with Crippen LogP contribution in [0, 0.1) is 0 Å². The standard InChI is InChI=1S/C24H19N3S/c1-4-11-19(12-5-1)13-10-18-25-27-24-26-22(20-14-6-2-7-15-20)23(28-24)21-16-8-3-9-17-21/h1-17H,18H2. The number of hydrogen-bond donors (Lipinski definition) is 0. The molecule has 0 aliphatic carbocycles. The Morgan fingerprint density at radius 2 is 1.36 bits per heavy atom. The molecule has 1 heterocycles. The number of rotatable bonds is 6. The van der Waals surface area contributed by atoms with Crippen LogP contribution in [-0.2, 0) is 0 Å². The van der Waals surface area contributed by atoms with E-state index in [1.165, 1.54) is 0 Å². The highest BCUT2D eigenvalue weighted by Gasteiger charge is 2.14. The van der Waals surface area contributed by atoms with E-state index < -0.39 is 0 Å². The van der Waals surface area contributed by atoms with E-state index in [1.807, 2.05) is 66.7 Å². The number of azo groups is 1. The summed E-state index contributed by atoms with van der Waals surface area (Å²) in [5.41, 5.74) is 4.34. The summed E-state index contributed by atoms with van der Waals surface area (Å²) in [6, 6.07) is 30.7. The van der Waals surface area contributed by atoms with Gasteiger partial charge in [-0.1, -0.05) is 114 Å². The molecule has 4 aromatic rings. The van der Waals surface area contributed by atoms with Gasteiger partial charge in [0, 0.05) is 5.56 Å². The van der Waals surface area contributed by atoms with Crippen LogP contribution in [0.1, 0.15) is 5.56 Å². The van der Waals surface area contributed by atoms with Crippen LogP contribution in [0.5, 0.6) is 0 Å². The van der Waals surface area contributed by atoms with Gasteiger partial charge in [-0.05, 0) is 11.1 Å². The molecular weight excluding hydrogens is 362 g/mol. The van der Waals surface area contributed by atoms with E-state index in [9.17, 15) is 0 Å². The van der Waals surface area contributed by atoms with Gasteiger partial charge in [0.1, 0.15) is 0 Å². The van der Waals surface area contributed by atoms with Crippen molar-refractivity contribution < 1.29 is 0 Å². The maximum absolute atomic E-state index is 4.75. The van der Waals surface area contributed by atoms with Gasteiger partial charge >= 0.3 is 0 Å². The third-order valence-corrected chi connectivity index (χ3v) is 5.14. The second-order valence-electron chi connectivity index (χ2n) is 6.14. The first kappa shape index (κ1) is 18.0. The molecular formula is C24H19N3S. The van der Waals surface area contributed by atoms with E-state index in [-0.39, 0.29) is 0 Å². The van der Waals surface area contributed by atoms with Crippen LogP contribution >= 0.6 is 11.3 Å². The van der Waals surface area contributed by atoms with Gasteiger partial charge in [-0.2, -0.15) is 5.11 Å². The maximum Gasteiger partial charge on any atom is 0.230 e. The molecule has 1 aromatic heterocycles. The highest BCUT2D eigenvalue weighted by Crippen LogP contribution is 2.40. The average Bonchev–Trinajstić information content (AvgIpc) is 3.20.